The van der Waals surface area contributed by atoms with E-state index in [2.05, 4.69) is 15.3 Å². The van der Waals surface area contributed by atoms with Gasteiger partial charge in [0.1, 0.15) is 17.2 Å². The van der Waals surface area contributed by atoms with Crippen molar-refractivity contribution >= 4 is 33.2 Å². The molecule has 1 aliphatic carbocycles. The van der Waals surface area contributed by atoms with Crippen molar-refractivity contribution in [3.8, 4) is 22.1 Å². The van der Waals surface area contributed by atoms with E-state index in [4.69, 9.17) is 4.74 Å². The number of carbonyl (C=O) groups is 2. The lowest BCUT2D eigenvalue weighted by Gasteiger charge is -2.14. The molecular weight excluding hydrogens is 505 g/mol. The number of ether oxygens (including phenoxy) is 1. The summed E-state index contributed by atoms with van der Waals surface area (Å²) in [6, 6.07) is 8.31. The van der Waals surface area contributed by atoms with Gasteiger partial charge in [-0.15, -0.1) is 16.4 Å². The first kappa shape index (κ1) is 24.7. The van der Waals surface area contributed by atoms with Gasteiger partial charge in [0.15, 0.2) is 11.6 Å². The van der Waals surface area contributed by atoms with E-state index < -0.39 is 5.82 Å². The standard InChI is InChI=1S/C28H28FN5O3S/c29-21-15-19(14-20(35)13-18-3-4-18)5-6-24(21)37-25-7-9-30-22-16-26(38-28(22)25)23-17-34(32-31-23)12-8-27(36)33-10-1-2-11-33/h5-7,9,15-18H,1-4,8,10-14H2. The summed E-state index contributed by atoms with van der Waals surface area (Å²) in [4.78, 5) is 31.7. The number of fused-ring (bicyclic) bond motifs is 1. The van der Waals surface area contributed by atoms with Gasteiger partial charge in [-0.3, -0.25) is 19.3 Å². The van der Waals surface area contributed by atoms with Gasteiger partial charge in [-0.2, -0.15) is 0 Å². The van der Waals surface area contributed by atoms with E-state index in [1.807, 2.05) is 17.2 Å². The molecule has 2 fully saturated rings. The molecule has 0 radical (unpaired) electrons. The number of rotatable bonds is 10. The van der Waals surface area contributed by atoms with Crippen molar-refractivity contribution in [2.45, 2.75) is 51.5 Å². The van der Waals surface area contributed by atoms with Crippen LogP contribution in [0.15, 0.2) is 42.7 Å². The first-order valence-corrected chi connectivity index (χ1v) is 13.9. The molecule has 196 valence electrons. The number of Topliss-reactive ketones (excluding diaryl/α,β-unsaturated/α-hetero) is 1. The number of amides is 1. The van der Waals surface area contributed by atoms with Gasteiger partial charge in [0.25, 0.3) is 0 Å². The lowest BCUT2D eigenvalue weighted by atomic mass is 10.0. The molecule has 0 spiro atoms. The van der Waals surface area contributed by atoms with Crippen molar-refractivity contribution in [1.29, 1.82) is 0 Å². The molecule has 6 rings (SSSR count). The van der Waals surface area contributed by atoms with Gasteiger partial charge in [-0.1, -0.05) is 11.3 Å². The number of nitrogens with zero attached hydrogens (tertiary/aromatic N) is 5. The Balaban J connectivity index is 1.14. The molecule has 8 nitrogen and oxygen atoms in total. The Morgan fingerprint density at radius 3 is 2.74 bits per heavy atom. The van der Waals surface area contributed by atoms with Gasteiger partial charge in [-0.05, 0) is 55.4 Å². The van der Waals surface area contributed by atoms with Gasteiger partial charge in [0, 0.05) is 44.6 Å². The quantitative estimate of drug-likeness (QED) is 0.271. The summed E-state index contributed by atoms with van der Waals surface area (Å²) in [5.74, 6) is 0.907. The number of benzene rings is 1. The molecule has 4 aromatic rings. The zero-order chi connectivity index (χ0) is 26.1. The van der Waals surface area contributed by atoms with Crippen molar-refractivity contribution < 1.29 is 18.7 Å². The summed E-state index contributed by atoms with van der Waals surface area (Å²) in [7, 11) is 0. The molecule has 2 aliphatic rings. The van der Waals surface area contributed by atoms with Crippen LogP contribution < -0.4 is 4.74 Å². The second-order valence-electron chi connectivity index (χ2n) is 10.1. The maximum absolute atomic E-state index is 14.9. The van der Waals surface area contributed by atoms with Crippen molar-refractivity contribution in [1.82, 2.24) is 24.9 Å². The molecule has 0 N–H and O–H groups in total. The number of halogens is 1. The van der Waals surface area contributed by atoms with Gasteiger partial charge in [0.2, 0.25) is 5.91 Å². The summed E-state index contributed by atoms with van der Waals surface area (Å²) < 4.78 is 23.3. The number of thiophene rings is 1. The SMILES string of the molecule is O=C(Cc1ccc(Oc2ccnc3cc(-c4cn(CCC(=O)N5CCCC5)nn4)sc23)c(F)c1)CC1CC1. The third-order valence-electron chi connectivity index (χ3n) is 7.01. The molecule has 1 amide bonds. The van der Waals surface area contributed by atoms with Gasteiger partial charge < -0.3 is 9.64 Å². The molecular formula is C28H28FN5O3S. The fourth-order valence-electron chi connectivity index (χ4n) is 4.78. The summed E-state index contributed by atoms with van der Waals surface area (Å²) >= 11 is 1.44. The summed E-state index contributed by atoms with van der Waals surface area (Å²) in [5.41, 5.74) is 2.05. The normalized spacial score (nSPS) is 15.3. The molecule has 10 heteroatoms. The second kappa shape index (κ2) is 10.6. The Bertz CT molecular complexity index is 1490. The van der Waals surface area contributed by atoms with E-state index in [9.17, 15) is 14.0 Å². The molecule has 1 saturated carbocycles. The smallest absolute Gasteiger partial charge is 0.224 e. The maximum Gasteiger partial charge on any atom is 0.224 e. The van der Waals surface area contributed by atoms with Crippen LogP contribution in [0.2, 0.25) is 0 Å². The van der Waals surface area contributed by atoms with Crippen molar-refractivity contribution in [3.05, 3.63) is 54.1 Å². The van der Waals surface area contributed by atoms with Crippen molar-refractivity contribution in [3.63, 3.8) is 0 Å². The third-order valence-corrected chi connectivity index (χ3v) is 8.17. The van der Waals surface area contributed by atoms with Gasteiger partial charge in [0.05, 0.1) is 27.8 Å². The van der Waals surface area contributed by atoms with E-state index in [1.54, 1.807) is 29.1 Å². The van der Waals surface area contributed by atoms with E-state index in [0.717, 1.165) is 48.3 Å². The van der Waals surface area contributed by atoms with Crippen LogP contribution >= 0.6 is 11.3 Å². The van der Waals surface area contributed by atoms with Crippen LogP contribution in [0.4, 0.5) is 4.39 Å². The van der Waals surface area contributed by atoms with E-state index in [1.165, 1.54) is 17.4 Å². The van der Waals surface area contributed by atoms with Gasteiger partial charge >= 0.3 is 0 Å². The summed E-state index contributed by atoms with van der Waals surface area (Å²) in [5, 5.41) is 8.47. The van der Waals surface area contributed by atoms with Crippen LogP contribution in [0, 0.1) is 11.7 Å². The van der Waals surface area contributed by atoms with Crippen LogP contribution in [0.3, 0.4) is 0 Å². The number of ketones is 1. The lowest BCUT2D eigenvalue weighted by Crippen LogP contribution is -2.28. The summed E-state index contributed by atoms with van der Waals surface area (Å²) in [6.45, 7) is 2.16. The van der Waals surface area contributed by atoms with Crippen LogP contribution in [0.25, 0.3) is 20.8 Å². The number of hydrogen-bond donors (Lipinski definition) is 0. The molecule has 1 aliphatic heterocycles. The molecule has 0 bridgehead atoms. The Kier molecular flexibility index (Phi) is 6.88. The minimum Gasteiger partial charge on any atom is -0.453 e. The lowest BCUT2D eigenvalue weighted by molar-refractivity contribution is -0.130. The first-order valence-electron chi connectivity index (χ1n) is 13.1. The zero-order valence-electron chi connectivity index (χ0n) is 20.9. The number of aromatic nitrogens is 4. The first-order chi connectivity index (χ1) is 18.5. The van der Waals surface area contributed by atoms with Crippen molar-refractivity contribution in [2.75, 3.05) is 13.1 Å². The van der Waals surface area contributed by atoms with Crippen LogP contribution in [0.1, 0.15) is 44.1 Å². The highest BCUT2D eigenvalue weighted by Gasteiger charge is 2.24. The highest BCUT2D eigenvalue weighted by atomic mass is 32.1. The van der Waals surface area contributed by atoms with Gasteiger partial charge in [-0.25, -0.2) is 4.39 Å². The molecule has 3 aromatic heterocycles. The van der Waals surface area contributed by atoms with E-state index >= 15 is 0 Å². The van der Waals surface area contributed by atoms with Crippen LogP contribution in [0.5, 0.6) is 11.5 Å². The number of hydrogen-bond acceptors (Lipinski definition) is 7. The number of likely N-dealkylation sites (tertiary alicyclic amines) is 1. The second-order valence-corrected chi connectivity index (χ2v) is 11.1. The van der Waals surface area contributed by atoms with Crippen molar-refractivity contribution in [2.24, 2.45) is 5.92 Å². The topological polar surface area (TPSA) is 90.2 Å². The molecule has 4 heterocycles. The molecule has 0 atom stereocenters. The number of pyridine rings is 1. The molecule has 1 saturated heterocycles. The average Bonchev–Trinajstić information content (AvgIpc) is 3.33. The highest BCUT2D eigenvalue weighted by Crippen LogP contribution is 2.39. The molecule has 0 unspecified atom stereocenters. The molecule has 1 aromatic carbocycles. The zero-order valence-corrected chi connectivity index (χ0v) is 21.8. The van der Waals surface area contributed by atoms with Crippen LogP contribution in [-0.4, -0.2) is 49.7 Å². The average molecular weight is 534 g/mol. The Morgan fingerprint density at radius 1 is 1.11 bits per heavy atom. The third kappa shape index (κ3) is 5.60. The fraction of sp³-hybridized carbons (Fsp3) is 0.393. The predicted molar refractivity (Wildman–Crippen MR) is 142 cm³/mol. The van der Waals surface area contributed by atoms with Crippen LogP contribution in [-0.2, 0) is 22.6 Å². The highest BCUT2D eigenvalue weighted by molar-refractivity contribution is 7.22. The Hall–Kier alpha value is -3.66. The summed E-state index contributed by atoms with van der Waals surface area (Å²) in [6.07, 6.45) is 9.06. The number of carbonyl (C=O) groups excluding carboxylic acids is 2. The molecule has 38 heavy (non-hydrogen) atoms. The Labute approximate surface area is 223 Å². The minimum atomic E-state index is -0.505. The largest absolute Gasteiger partial charge is 0.453 e. The monoisotopic (exact) mass is 533 g/mol. The number of aryl methyl sites for hydroxylation is 1. The Morgan fingerprint density at radius 2 is 1.95 bits per heavy atom. The maximum atomic E-state index is 14.9. The fourth-order valence-corrected chi connectivity index (χ4v) is 5.79. The minimum absolute atomic E-state index is 0.0967. The predicted octanol–water partition coefficient (Wildman–Crippen LogP) is 5.41. The van der Waals surface area contributed by atoms with E-state index in [0.29, 0.717) is 47.8 Å². The van der Waals surface area contributed by atoms with E-state index in [-0.39, 0.29) is 23.9 Å².